The van der Waals surface area contributed by atoms with Crippen molar-refractivity contribution in [1.82, 2.24) is 4.90 Å². The summed E-state index contributed by atoms with van der Waals surface area (Å²) in [5.74, 6) is -0.630. The van der Waals surface area contributed by atoms with Crippen molar-refractivity contribution in [1.29, 1.82) is 0 Å². The molecule has 0 N–H and O–H groups in total. The minimum Gasteiger partial charge on any atom is -0.444 e. The average molecular weight is 285 g/mol. The first-order valence-corrected chi connectivity index (χ1v) is 7.13. The molecule has 3 fully saturated rings. The van der Waals surface area contributed by atoms with Crippen molar-refractivity contribution in [2.75, 3.05) is 13.2 Å². The summed E-state index contributed by atoms with van der Waals surface area (Å²) in [5, 5.41) is 0. The number of nitrogens with zero attached hydrogens (tertiary/aromatic N) is 1. The molecule has 0 aromatic heterocycles. The third kappa shape index (κ3) is 2.64. The van der Waals surface area contributed by atoms with E-state index in [2.05, 4.69) is 0 Å². The SMILES string of the molecule is CC(C)(C)OC(=O)N1C[C@@H]2O[C@@H]2[C@@H]2OC(C)(C)OC[C@H]21. The number of amides is 1. The van der Waals surface area contributed by atoms with Crippen molar-refractivity contribution in [3.05, 3.63) is 0 Å². The van der Waals surface area contributed by atoms with Crippen LogP contribution in [-0.2, 0) is 18.9 Å². The van der Waals surface area contributed by atoms with Gasteiger partial charge in [0, 0.05) is 0 Å². The van der Waals surface area contributed by atoms with Gasteiger partial charge in [-0.15, -0.1) is 0 Å². The maximum Gasteiger partial charge on any atom is 0.410 e. The summed E-state index contributed by atoms with van der Waals surface area (Å²) >= 11 is 0. The molecule has 3 rings (SSSR count). The lowest BCUT2D eigenvalue weighted by Gasteiger charge is -2.46. The van der Waals surface area contributed by atoms with Crippen molar-refractivity contribution in [2.24, 2.45) is 0 Å². The quantitative estimate of drug-likeness (QED) is 0.632. The molecule has 3 aliphatic heterocycles. The van der Waals surface area contributed by atoms with Crippen LogP contribution in [0, 0.1) is 0 Å². The predicted octanol–water partition coefficient (Wildman–Crippen LogP) is 1.52. The van der Waals surface area contributed by atoms with Crippen LogP contribution in [-0.4, -0.2) is 59.9 Å². The third-order valence-corrected chi connectivity index (χ3v) is 3.75. The number of ether oxygens (including phenoxy) is 4. The second kappa shape index (κ2) is 4.32. The molecule has 20 heavy (non-hydrogen) atoms. The zero-order valence-electron chi connectivity index (χ0n) is 12.7. The van der Waals surface area contributed by atoms with Gasteiger partial charge in [-0.25, -0.2) is 4.79 Å². The van der Waals surface area contributed by atoms with Crippen LogP contribution in [0.5, 0.6) is 0 Å². The van der Waals surface area contributed by atoms with Gasteiger partial charge in [0.1, 0.15) is 23.9 Å². The van der Waals surface area contributed by atoms with E-state index in [0.717, 1.165) is 0 Å². The lowest BCUT2D eigenvalue weighted by Crippen LogP contribution is -2.63. The van der Waals surface area contributed by atoms with Gasteiger partial charge in [-0.05, 0) is 34.6 Å². The van der Waals surface area contributed by atoms with E-state index in [0.29, 0.717) is 13.2 Å². The lowest BCUT2D eigenvalue weighted by molar-refractivity contribution is -0.296. The monoisotopic (exact) mass is 285 g/mol. The number of hydrogen-bond acceptors (Lipinski definition) is 5. The molecule has 0 bridgehead atoms. The minimum atomic E-state index is -0.630. The van der Waals surface area contributed by atoms with Gasteiger partial charge >= 0.3 is 6.09 Å². The highest BCUT2D eigenvalue weighted by molar-refractivity contribution is 5.69. The number of carbonyl (C=O) groups excluding carboxylic acids is 1. The molecule has 4 atom stereocenters. The molecule has 0 radical (unpaired) electrons. The molecule has 3 heterocycles. The maximum atomic E-state index is 12.3. The van der Waals surface area contributed by atoms with E-state index in [4.69, 9.17) is 18.9 Å². The Bertz CT molecular complexity index is 416. The number of fused-ring (bicyclic) bond motifs is 3. The molecule has 0 aliphatic carbocycles. The molecule has 1 amide bonds. The average Bonchev–Trinajstić information content (AvgIpc) is 3.03. The normalized spacial score (nSPS) is 38.8. The van der Waals surface area contributed by atoms with Gasteiger partial charge in [0.15, 0.2) is 5.79 Å². The zero-order valence-corrected chi connectivity index (χ0v) is 12.7. The molecule has 3 aliphatic rings. The van der Waals surface area contributed by atoms with Crippen molar-refractivity contribution < 1.29 is 23.7 Å². The van der Waals surface area contributed by atoms with Crippen LogP contribution in [0.25, 0.3) is 0 Å². The number of epoxide rings is 1. The second-order valence-corrected chi connectivity index (χ2v) is 7.13. The van der Waals surface area contributed by atoms with Crippen LogP contribution in [0.2, 0.25) is 0 Å². The lowest BCUT2D eigenvalue weighted by atomic mass is 9.98. The summed E-state index contributed by atoms with van der Waals surface area (Å²) in [6.45, 7) is 10.3. The number of carbonyl (C=O) groups is 1. The molecule has 6 nitrogen and oxygen atoms in total. The Labute approximate surface area is 119 Å². The molecule has 6 heteroatoms. The number of piperidine rings is 1. The third-order valence-electron chi connectivity index (χ3n) is 3.75. The Morgan fingerprint density at radius 3 is 2.65 bits per heavy atom. The highest BCUT2D eigenvalue weighted by Gasteiger charge is 2.60. The first-order valence-electron chi connectivity index (χ1n) is 7.13. The second-order valence-electron chi connectivity index (χ2n) is 7.13. The molecule has 0 unspecified atom stereocenters. The predicted molar refractivity (Wildman–Crippen MR) is 70.3 cm³/mol. The molecule has 114 valence electrons. The van der Waals surface area contributed by atoms with E-state index < -0.39 is 11.4 Å². The molecular formula is C14H23NO5. The van der Waals surface area contributed by atoms with E-state index in [1.165, 1.54) is 0 Å². The van der Waals surface area contributed by atoms with Crippen LogP contribution in [0.1, 0.15) is 34.6 Å². The molecular weight excluding hydrogens is 262 g/mol. The Hall–Kier alpha value is -0.850. The van der Waals surface area contributed by atoms with Crippen LogP contribution >= 0.6 is 0 Å². The first kappa shape index (κ1) is 14.1. The van der Waals surface area contributed by atoms with Gasteiger partial charge in [0.05, 0.1) is 19.2 Å². The van der Waals surface area contributed by atoms with Crippen LogP contribution in [0.4, 0.5) is 4.79 Å². The summed E-state index contributed by atoms with van der Waals surface area (Å²) in [5.41, 5.74) is -0.510. The molecule has 0 aromatic carbocycles. The maximum absolute atomic E-state index is 12.3. The van der Waals surface area contributed by atoms with Gasteiger partial charge in [0.2, 0.25) is 0 Å². The molecule has 0 spiro atoms. The summed E-state index contributed by atoms with van der Waals surface area (Å²) < 4.78 is 22.7. The topological polar surface area (TPSA) is 60.5 Å². The number of rotatable bonds is 0. The van der Waals surface area contributed by atoms with Gasteiger partial charge in [-0.2, -0.15) is 0 Å². The fraction of sp³-hybridized carbons (Fsp3) is 0.929. The summed E-state index contributed by atoms with van der Waals surface area (Å²) in [6.07, 6.45) is -0.307. The van der Waals surface area contributed by atoms with E-state index in [-0.39, 0.29) is 30.4 Å². The van der Waals surface area contributed by atoms with Crippen LogP contribution < -0.4 is 0 Å². The zero-order chi connectivity index (χ0) is 14.7. The number of hydrogen-bond donors (Lipinski definition) is 0. The fourth-order valence-corrected chi connectivity index (χ4v) is 2.83. The van der Waals surface area contributed by atoms with E-state index in [1.54, 1.807) is 4.90 Å². The van der Waals surface area contributed by atoms with E-state index >= 15 is 0 Å². The molecule has 3 saturated heterocycles. The summed E-state index contributed by atoms with van der Waals surface area (Å²) in [7, 11) is 0. The Kier molecular flexibility index (Phi) is 3.05. The summed E-state index contributed by atoms with van der Waals surface area (Å²) in [4.78, 5) is 14.0. The van der Waals surface area contributed by atoms with Crippen LogP contribution in [0.3, 0.4) is 0 Å². The van der Waals surface area contributed by atoms with Gasteiger partial charge in [-0.3, -0.25) is 4.90 Å². The number of likely N-dealkylation sites (tertiary alicyclic amines) is 1. The van der Waals surface area contributed by atoms with E-state index in [1.807, 2.05) is 34.6 Å². The Balaban J connectivity index is 1.74. The van der Waals surface area contributed by atoms with E-state index in [9.17, 15) is 4.79 Å². The fourth-order valence-electron chi connectivity index (χ4n) is 2.83. The van der Waals surface area contributed by atoms with Gasteiger partial charge in [0.25, 0.3) is 0 Å². The van der Waals surface area contributed by atoms with Crippen molar-refractivity contribution >= 4 is 6.09 Å². The highest BCUT2D eigenvalue weighted by atomic mass is 16.7. The van der Waals surface area contributed by atoms with Crippen molar-refractivity contribution in [2.45, 2.75) is 70.4 Å². The molecule has 0 saturated carbocycles. The van der Waals surface area contributed by atoms with Gasteiger partial charge in [-0.1, -0.05) is 0 Å². The molecule has 0 aromatic rings. The Morgan fingerprint density at radius 2 is 2.00 bits per heavy atom. The van der Waals surface area contributed by atoms with Crippen molar-refractivity contribution in [3.63, 3.8) is 0 Å². The smallest absolute Gasteiger partial charge is 0.410 e. The first-order chi connectivity index (χ1) is 9.16. The standard InChI is InChI=1S/C14H23NO5/c1-13(2,3)20-12(16)15-6-9-11(18-9)10-8(15)7-17-14(4,5)19-10/h8-11H,6-7H2,1-5H3/t8-,9+,10-,11+/m1/s1. The minimum absolute atomic E-state index is 0.0673. The summed E-state index contributed by atoms with van der Waals surface area (Å²) in [6, 6.07) is -0.137. The van der Waals surface area contributed by atoms with Crippen LogP contribution in [0.15, 0.2) is 0 Å². The Morgan fingerprint density at radius 1 is 1.30 bits per heavy atom. The van der Waals surface area contributed by atoms with Crippen molar-refractivity contribution in [3.8, 4) is 0 Å². The largest absolute Gasteiger partial charge is 0.444 e. The highest BCUT2D eigenvalue weighted by Crippen LogP contribution is 2.41. The van der Waals surface area contributed by atoms with Gasteiger partial charge < -0.3 is 18.9 Å².